The lowest BCUT2D eigenvalue weighted by molar-refractivity contribution is 0.773. The van der Waals surface area contributed by atoms with Crippen molar-refractivity contribution >= 4 is 34.7 Å². The van der Waals surface area contributed by atoms with E-state index < -0.39 is 0 Å². The molecule has 1 atom stereocenters. The fourth-order valence-corrected chi connectivity index (χ4v) is 2.04. The van der Waals surface area contributed by atoms with Crippen molar-refractivity contribution in [2.24, 2.45) is 10.9 Å². The normalized spacial score (nSPS) is 22.6. The molecule has 0 aromatic heterocycles. The summed E-state index contributed by atoms with van der Waals surface area (Å²) in [5.41, 5.74) is 4.23. The third-order valence-corrected chi connectivity index (χ3v) is 3.37. The molecule has 0 spiro atoms. The lowest BCUT2D eigenvalue weighted by Gasteiger charge is -2.18. The van der Waals surface area contributed by atoms with Gasteiger partial charge in [0.15, 0.2) is 0 Å². The van der Waals surface area contributed by atoms with Crippen LogP contribution in [0.15, 0.2) is 23.2 Å². The van der Waals surface area contributed by atoms with Crippen molar-refractivity contribution in [2.45, 2.75) is 6.92 Å². The van der Waals surface area contributed by atoms with E-state index in [0.29, 0.717) is 16.0 Å². The van der Waals surface area contributed by atoms with Crippen LogP contribution in [0, 0.1) is 5.92 Å². The van der Waals surface area contributed by atoms with Crippen molar-refractivity contribution in [3.63, 3.8) is 0 Å². The second kappa shape index (κ2) is 4.52. The molecule has 16 heavy (non-hydrogen) atoms. The van der Waals surface area contributed by atoms with Gasteiger partial charge in [0.1, 0.15) is 5.84 Å². The average Bonchev–Trinajstić information content (AvgIpc) is 2.64. The smallest absolute Gasteiger partial charge is 0.119 e. The van der Waals surface area contributed by atoms with Crippen molar-refractivity contribution in [3.05, 3.63) is 28.2 Å². The molecule has 0 saturated carbocycles. The Balaban J connectivity index is 2.23. The van der Waals surface area contributed by atoms with E-state index in [0.717, 1.165) is 18.1 Å². The Morgan fingerprint density at radius 1 is 1.38 bits per heavy atom. The first kappa shape index (κ1) is 11.6. The van der Waals surface area contributed by atoms with Crippen LogP contribution in [-0.2, 0) is 0 Å². The van der Waals surface area contributed by atoms with E-state index in [4.69, 9.17) is 23.2 Å². The van der Waals surface area contributed by atoms with Gasteiger partial charge in [0, 0.05) is 19.5 Å². The Labute approximate surface area is 105 Å². The number of rotatable bonds is 1. The van der Waals surface area contributed by atoms with Crippen LogP contribution in [0.3, 0.4) is 0 Å². The number of benzene rings is 1. The molecule has 86 valence electrons. The molecule has 1 aromatic rings. The van der Waals surface area contributed by atoms with Crippen molar-refractivity contribution in [1.82, 2.24) is 5.43 Å². The summed E-state index contributed by atoms with van der Waals surface area (Å²) in [7, 11) is 1.79. The highest BCUT2D eigenvalue weighted by atomic mass is 35.5. The van der Waals surface area contributed by atoms with Crippen molar-refractivity contribution in [1.29, 1.82) is 0 Å². The fourth-order valence-electron chi connectivity index (χ4n) is 1.75. The molecule has 0 amide bonds. The van der Waals surface area contributed by atoms with E-state index >= 15 is 0 Å². The van der Waals surface area contributed by atoms with Crippen molar-refractivity contribution in [2.75, 3.05) is 18.6 Å². The molecule has 1 saturated heterocycles. The zero-order chi connectivity index (χ0) is 11.7. The average molecular weight is 258 g/mol. The summed E-state index contributed by atoms with van der Waals surface area (Å²) < 4.78 is 0. The molecule has 5 heteroatoms. The topological polar surface area (TPSA) is 27.6 Å². The van der Waals surface area contributed by atoms with Gasteiger partial charge < -0.3 is 0 Å². The van der Waals surface area contributed by atoms with E-state index in [2.05, 4.69) is 17.3 Å². The number of hydrogen-bond acceptors (Lipinski definition) is 2. The van der Waals surface area contributed by atoms with Crippen LogP contribution in [0.4, 0.5) is 5.69 Å². The van der Waals surface area contributed by atoms with Crippen LogP contribution in [-0.4, -0.2) is 19.4 Å². The van der Waals surface area contributed by atoms with Gasteiger partial charge in [-0.05, 0) is 18.2 Å². The van der Waals surface area contributed by atoms with E-state index in [-0.39, 0.29) is 0 Å². The van der Waals surface area contributed by atoms with E-state index in [9.17, 15) is 0 Å². The summed E-state index contributed by atoms with van der Waals surface area (Å²) in [5, 5.41) is 3.16. The summed E-state index contributed by atoms with van der Waals surface area (Å²) >= 11 is 11.9. The Morgan fingerprint density at radius 3 is 2.69 bits per heavy atom. The minimum atomic E-state index is 0.402. The molecule has 0 aliphatic carbocycles. The third kappa shape index (κ3) is 2.11. The number of nitrogens with one attached hydrogen (secondary N) is 1. The second-order valence-corrected chi connectivity index (χ2v) is 4.65. The van der Waals surface area contributed by atoms with Gasteiger partial charge in [0.05, 0.1) is 15.7 Å². The van der Waals surface area contributed by atoms with E-state index in [1.165, 1.54) is 0 Å². The Kier molecular flexibility index (Phi) is 3.26. The SMILES string of the molecule is CN=C1NN(c2ccc(Cl)c(Cl)c2)CC1C. The monoisotopic (exact) mass is 257 g/mol. The van der Waals surface area contributed by atoms with Gasteiger partial charge in [-0.15, -0.1) is 0 Å². The lowest BCUT2D eigenvalue weighted by atomic mass is 10.2. The van der Waals surface area contributed by atoms with E-state index in [1.54, 1.807) is 13.1 Å². The summed E-state index contributed by atoms with van der Waals surface area (Å²) in [4.78, 5) is 4.19. The Morgan fingerprint density at radius 2 is 2.12 bits per heavy atom. The molecule has 1 unspecified atom stereocenters. The Bertz CT molecular complexity index is 431. The van der Waals surface area contributed by atoms with Gasteiger partial charge >= 0.3 is 0 Å². The third-order valence-electron chi connectivity index (χ3n) is 2.63. The predicted molar refractivity (Wildman–Crippen MR) is 69.5 cm³/mol. The van der Waals surface area contributed by atoms with Crippen LogP contribution < -0.4 is 10.4 Å². The number of amidine groups is 1. The molecule has 0 radical (unpaired) electrons. The molecular formula is C11H13Cl2N3. The predicted octanol–water partition coefficient (Wildman–Crippen LogP) is 2.98. The van der Waals surface area contributed by atoms with Crippen LogP contribution in [0.25, 0.3) is 0 Å². The highest BCUT2D eigenvalue weighted by Gasteiger charge is 2.24. The quantitative estimate of drug-likeness (QED) is 0.838. The highest BCUT2D eigenvalue weighted by Crippen LogP contribution is 2.28. The van der Waals surface area contributed by atoms with Crippen molar-refractivity contribution in [3.8, 4) is 0 Å². The molecule has 1 N–H and O–H groups in total. The number of nitrogens with zero attached hydrogens (tertiary/aromatic N) is 2. The maximum absolute atomic E-state index is 5.98. The first-order chi connectivity index (χ1) is 7.61. The molecule has 1 heterocycles. The molecule has 0 bridgehead atoms. The fraction of sp³-hybridized carbons (Fsp3) is 0.364. The summed E-state index contributed by atoms with van der Waals surface area (Å²) in [6.45, 7) is 3.01. The van der Waals surface area contributed by atoms with E-state index in [1.807, 2.05) is 17.1 Å². The second-order valence-electron chi connectivity index (χ2n) is 3.83. The molecule has 1 fully saturated rings. The number of hydrogen-bond donors (Lipinski definition) is 1. The van der Waals surface area contributed by atoms with Gasteiger partial charge in [-0.3, -0.25) is 15.4 Å². The minimum absolute atomic E-state index is 0.402. The number of halogens is 2. The zero-order valence-corrected chi connectivity index (χ0v) is 10.7. The highest BCUT2D eigenvalue weighted by molar-refractivity contribution is 6.42. The first-order valence-corrected chi connectivity index (χ1v) is 5.83. The van der Waals surface area contributed by atoms with Crippen LogP contribution >= 0.6 is 23.2 Å². The number of anilines is 1. The maximum Gasteiger partial charge on any atom is 0.119 e. The first-order valence-electron chi connectivity index (χ1n) is 5.07. The molecule has 1 aliphatic rings. The lowest BCUT2D eigenvalue weighted by Crippen LogP contribution is -2.33. The molecule has 1 aromatic carbocycles. The Hall–Kier alpha value is -0.930. The summed E-state index contributed by atoms with van der Waals surface area (Å²) in [6.07, 6.45) is 0. The number of aliphatic imine (C=N–C) groups is 1. The van der Waals surface area contributed by atoms with Gasteiger partial charge in [0.2, 0.25) is 0 Å². The maximum atomic E-state index is 5.98. The molecular weight excluding hydrogens is 245 g/mol. The van der Waals surface area contributed by atoms with Crippen LogP contribution in [0.1, 0.15) is 6.92 Å². The molecule has 3 nitrogen and oxygen atoms in total. The molecule has 1 aliphatic heterocycles. The minimum Gasteiger partial charge on any atom is -0.286 e. The summed E-state index contributed by atoms with van der Waals surface area (Å²) in [5.74, 6) is 1.39. The van der Waals surface area contributed by atoms with Gasteiger partial charge in [-0.2, -0.15) is 0 Å². The van der Waals surface area contributed by atoms with Gasteiger partial charge in [0.25, 0.3) is 0 Å². The molecule has 2 rings (SSSR count). The van der Waals surface area contributed by atoms with Crippen molar-refractivity contribution < 1.29 is 0 Å². The van der Waals surface area contributed by atoms with Gasteiger partial charge in [-0.25, -0.2) is 0 Å². The standard InChI is InChI=1S/C11H13Cl2N3/c1-7-6-16(15-11(7)14-2)8-3-4-9(12)10(13)5-8/h3-5,7H,6H2,1-2H3,(H,14,15). The summed E-state index contributed by atoms with van der Waals surface area (Å²) in [6, 6.07) is 5.58. The van der Waals surface area contributed by atoms with Crippen LogP contribution in [0.5, 0.6) is 0 Å². The largest absolute Gasteiger partial charge is 0.286 e. The van der Waals surface area contributed by atoms with Crippen LogP contribution in [0.2, 0.25) is 10.0 Å². The number of hydrazine groups is 1. The zero-order valence-electron chi connectivity index (χ0n) is 9.17. The van der Waals surface area contributed by atoms with Gasteiger partial charge in [-0.1, -0.05) is 30.1 Å².